The number of hydrogen-bond donors (Lipinski definition) is 1. The van der Waals surface area contributed by atoms with E-state index in [4.69, 9.17) is 0 Å². The second kappa shape index (κ2) is 8.59. The molecule has 1 N–H and O–H groups in total. The summed E-state index contributed by atoms with van der Waals surface area (Å²) in [6.45, 7) is 4.71. The van der Waals surface area contributed by atoms with E-state index in [1.54, 1.807) is 11.3 Å². The van der Waals surface area contributed by atoms with E-state index >= 15 is 0 Å². The van der Waals surface area contributed by atoms with Crippen molar-refractivity contribution >= 4 is 23.2 Å². The maximum absolute atomic E-state index is 12.6. The van der Waals surface area contributed by atoms with E-state index < -0.39 is 0 Å². The third kappa shape index (κ3) is 4.45. The Bertz CT molecular complexity index is 680. The van der Waals surface area contributed by atoms with Crippen LogP contribution in [-0.4, -0.2) is 25.0 Å². The molecule has 1 aromatic heterocycles. The Morgan fingerprint density at radius 2 is 2.15 bits per heavy atom. The highest BCUT2D eigenvalue weighted by atomic mass is 32.1. The zero-order valence-electron chi connectivity index (χ0n) is 16.6. The van der Waals surface area contributed by atoms with Gasteiger partial charge in [-0.05, 0) is 66.7 Å². The van der Waals surface area contributed by atoms with Gasteiger partial charge >= 0.3 is 5.97 Å². The van der Waals surface area contributed by atoms with Crippen molar-refractivity contribution in [3.63, 3.8) is 0 Å². The topological polar surface area (TPSA) is 55.4 Å². The lowest BCUT2D eigenvalue weighted by atomic mass is 9.44. The van der Waals surface area contributed by atoms with E-state index in [0.717, 1.165) is 30.7 Å². The average Bonchev–Trinajstić information content (AvgIpc) is 3.19. The third-order valence-electron chi connectivity index (χ3n) is 6.74. The molecule has 1 heterocycles. The summed E-state index contributed by atoms with van der Waals surface area (Å²) >= 11 is 1.56. The fourth-order valence-electron chi connectivity index (χ4n) is 4.85. The van der Waals surface area contributed by atoms with Crippen molar-refractivity contribution in [2.45, 2.75) is 58.4 Å². The zero-order chi connectivity index (χ0) is 19.4. The molecule has 0 aliphatic heterocycles. The number of rotatable bonds is 8. The van der Waals surface area contributed by atoms with Crippen LogP contribution in [0.2, 0.25) is 0 Å². The van der Waals surface area contributed by atoms with Crippen LogP contribution in [0.3, 0.4) is 0 Å². The number of carbonyl (C=O) groups excluding carboxylic acids is 2. The highest BCUT2D eigenvalue weighted by molar-refractivity contribution is 7.08. The molecule has 1 aromatic rings. The number of fused-ring (bicyclic) bond motifs is 2. The highest BCUT2D eigenvalue weighted by Crippen LogP contribution is 2.61. The van der Waals surface area contributed by atoms with Crippen molar-refractivity contribution in [1.82, 2.24) is 5.32 Å². The molecule has 3 aliphatic carbocycles. The van der Waals surface area contributed by atoms with Gasteiger partial charge in [-0.15, -0.1) is 0 Å². The Morgan fingerprint density at radius 3 is 2.81 bits per heavy atom. The molecule has 0 radical (unpaired) electrons. The maximum Gasteiger partial charge on any atom is 0.305 e. The Labute approximate surface area is 166 Å². The number of carbonyl (C=O) groups is 2. The molecule has 0 saturated heterocycles. The molecule has 4 atom stereocenters. The maximum atomic E-state index is 12.6. The molecule has 27 heavy (non-hydrogen) atoms. The first-order valence-corrected chi connectivity index (χ1v) is 10.9. The fraction of sp³-hybridized carbons (Fsp3) is 0.636. The second-order valence-electron chi connectivity index (χ2n) is 8.54. The van der Waals surface area contributed by atoms with Gasteiger partial charge in [-0.1, -0.05) is 26.0 Å². The lowest BCUT2D eigenvalue weighted by molar-refractivity contribution is -0.140. The number of ether oxygens (including phenoxy) is 1. The molecular formula is C22H31NO3S. The van der Waals surface area contributed by atoms with Crippen LogP contribution in [0.15, 0.2) is 29.0 Å². The minimum atomic E-state index is -0.144. The van der Waals surface area contributed by atoms with Crippen molar-refractivity contribution in [3.8, 4) is 0 Å². The molecule has 2 bridgehead atoms. The minimum Gasteiger partial charge on any atom is -0.469 e. The van der Waals surface area contributed by atoms with Gasteiger partial charge < -0.3 is 10.1 Å². The van der Waals surface area contributed by atoms with Crippen LogP contribution in [-0.2, 0) is 9.53 Å². The molecule has 0 aromatic carbocycles. The normalized spacial score (nSPS) is 28.6. The average molecular weight is 390 g/mol. The van der Waals surface area contributed by atoms with Crippen molar-refractivity contribution in [2.75, 3.05) is 7.11 Å². The smallest absolute Gasteiger partial charge is 0.305 e. The van der Waals surface area contributed by atoms with Crippen LogP contribution < -0.4 is 5.32 Å². The number of hydrogen-bond acceptors (Lipinski definition) is 4. The Hall–Kier alpha value is -1.62. The van der Waals surface area contributed by atoms with Gasteiger partial charge in [-0.2, -0.15) is 11.3 Å². The van der Waals surface area contributed by atoms with E-state index in [1.165, 1.54) is 20.0 Å². The van der Waals surface area contributed by atoms with Crippen LogP contribution >= 0.6 is 11.3 Å². The number of esters is 1. The molecule has 0 unspecified atom stereocenters. The van der Waals surface area contributed by atoms with Gasteiger partial charge in [0.1, 0.15) is 0 Å². The molecule has 0 spiro atoms. The van der Waals surface area contributed by atoms with Gasteiger partial charge in [0, 0.05) is 23.4 Å². The largest absolute Gasteiger partial charge is 0.469 e. The summed E-state index contributed by atoms with van der Waals surface area (Å²) in [7, 11) is 1.43. The highest BCUT2D eigenvalue weighted by Gasteiger charge is 2.57. The minimum absolute atomic E-state index is 0.0643. The Morgan fingerprint density at radius 1 is 1.33 bits per heavy atom. The Kier molecular flexibility index (Phi) is 6.40. The van der Waals surface area contributed by atoms with Crippen LogP contribution in [0.5, 0.6) is 0 Å². The van der Waals surface area contributed by atoms with Crippen LogP contribution in [0.1, 0.15) is 62.7 Å². The van der Waals surface area contributed by atoms with Crippen LogP contribution in [0, 0.1) is 23.2 Å². The van der Waals surface area contributed by atoms with Crippen LogP contribution in [0.25, 0.3) is 0 Å². The van der Waals surface area contributed by atoms with Gasteiger partial charge in [0.15, 0.2) is 0 Å². The van der Waals surface area contributed by atoms with Crippen molar-refractivity contribution in [2.24, 2.45) is 23.2 Å². The quantitative estimate of drug-likeness (QED) is 0.394. The number of nitrogens with one attached hydrogen (secondary N) is 1. The predicted molar refractivity (Wildman–Crippen MR) is 109 cm³/mol. The molecule has 3 aliphatic rings. The van der Waals surface area contributed by atoms with E-state index in [9.17, 15) is 9.59 Å². The monoisotopic (exact) mass is 389 g/mol. The van der Waals surface area contributed by atoms with E-state index in [-0.39, 0.29) is 17.9 Å². The molecule has 3 saturated carbocycles. The third-order valence-corrected chi connectivity index (χ3v) is 7.42. The summed E-state index contributed by atoms with van der Waals surface area (Å²) in [5.74, 6) is 1.76. The summed E-state index contributed by atoms with van der Waals surface area (Å²) < 4.78 is 4.67. The number of unbranched alkanes of at least 4 members (excludes halogenated alkanes) is 1. The van der Waals surface area contributed by atoms with E-state index in [2.05, 4.69) is 36.1 Å². The summed E-state index contributed by atoms with van der Waals surface area (Å²) in [6.07, 6.45) is 10.0. The summed E-state index contributed by atoms with van der Waals surface area (Å²) in [6, 6.07) is 2.14. The van der Waals surface area contributed by atoms with E-state index in [0.29, 0.717) is 23.7 Å². The number of methoxy groups -OCH3 is 1. The Balaban J connectivity index is 1.56. The lowest BCUT2D eigenvalue weighted by Gasteiger charge is -2.62. The van der Waals surface area contributed by atoms with Gasteiger partial charge in [0.25, 0.3) is 5.91 Å². The summed E-state index contributed by atoms with van der Waals surface area (Å²) in [4.78, 5) is 23.8. The van der Waals surface area contributed by atoms with Gasteiger partial charge in [-0.25, -0.2) is 0 Å². The van der Waals surface area contributed by atoms with Crippen molar-refractivity contribution in [3.05, 3.63) is 34.5 Å². The molecule has 3 fully saturated rings. The molecule has 4 rings (SSSR count). The first kappa shape index (κ1) is 20.1. The molecule has 1 amide bonds. The van der Waals surface area contributed by atoms with Gasteiger partial charge in [0.2, 0.25) is 0 Å². The fourth-order valence-corrected chi connectivity index (χ4v) is 5.49. The summed E-state index contributed by atoms with van der Waals surface area (Å²) in [5, 5.41) is 7.23. The second-order valence-corrected chi connectivity index (χ2v) is 9.32. The number of allylic oxidation sites excluding steroid dienone is 2. The lowest BCUT2D eigenvalue weighted by Crippen LogP contribution is -2.63. The van der Waals surface area contributed by atoms with Gasteiger partial charge in [0.05, 0.1) is 7.11 Å². The number of thiophene rings is 1. The first-order valence-electron chi connectivity index (χ1n) is 9.98. The summed E-state index contributed by atoms with van der Waals surface area (Å²) in [5.41, 5.74) is 1.10. The zero-order valence-corrected chi connectivity index (χ0v) is 17.4. The molecule has 5 heteroatoms. The first-order chi connectivity index (χ1) is 12.9. The van der Waals surface area contributed by atoms with Gasteiger partial charge in [-0.3, -0.25) is 9.59 Å². The van der Waals surface area contributed by atoms with Crippen LogP contribution in [0.4, 0.5) is 0 Å². The van der Waals surface area contributed by atoms with E-state index in [1.807, 2.05) is 16.8 Å². The standard InChI is InChI=1S/C22H31NO3S/c1-22(2)17-12-15(8-6-4-5-7-9-19(24)26-3)20(18(22)13-17)23-21(25)16-10-11-27-14-16/h4,6,10-11,14-15,17-18,20H,5,7-9,12-13H2,1-3H3,(H,23,25)/b6-4-/t15-,17-,18-,20+/m0/s1. The predicted octanol–water partition coefficient (Wildman–Crippen LogP) is 4.82. The molecular weight excluding hydrogens is 358 g/mol. The molecule has 4 nitrogen and oxygen atoms in total. The van der Waals surface area contributed by atoms with Crippen molar-refractivity contribution < 1.29 is 14.3 Å². The van der Waals surface area contributed by atoms with Crippen molar-refractivity contribution in [1.29, 1.82) is 0 Å². The number of amides is 1. The SMILES string of the molecule is COC(=O)CCC/C=C\C[C@H]1C[C@H]2C[C@@H]([C@@H]1NC(=O)c1ccsc1)C2(C)C. The molecule has 148 valence electrons.